The molecule has 0 aliphatic heterocycles. The van der Waals surface area contributed by atoms with Gasteiger partial charge in [-0.25, -0.2) is 4.98 Å². The van der Waals surface area contributed by atoms with E-state index in [-0.39, 0.29) is 5.91 Å². The van der Waals surface area contributed by atoms with E-state index in [0.717, 1.165) is 28.4 Å². The van der Waals surface area contributed by atoms with Crippen molar-refractivity contribution in [1.82, 2.24) is 15.2 Å². The first-order valence-electron chi connectivity index (χ1n) is 7.77. The average Bonchev–Trinajstić information content (AvgIpc) is 2.51. The fourth-order valence-electron chi connectivity index (χ4n) is 2.65. The van der Waals surface area contributed by atoms with Crippen molar-refractivity contribution in [3.8, 4) is 0 Å². The predicted molar refractivity (Wildman–Crippen MR) is 94.9 cm³/mol. The van der Waals surface area contributed by atoms with Crippen LogP contribution in [0.5, 0.6) is 0 Å². The third-order valence-corrected chi connectivity index (χ3v) is 3.88. The molecule has 1 aromatic heterocycles. The smallest absolute Gasteiger partial charge is 0.253 e. The number of carbonyl (C=O) groups is 1. The van der Waals surface area contributed by atoms with Gasteiger partial charge in [0.25, 0.3) is 5.91 Å². The van der Waals surface area contributed by atoms with Crippen molar-refractivity contribution in [3.63, 3.8) is 0 Å². The minimum Gasteiger partial charge on any atom is -0.351 e. The molecule has 118 valence electrons. The lowest BCUT2D eigenvalue weighted by Crippen LogP contribution is -2.31. The molecule has 4 heteroatoms. The van der Waals surface area contributed by atoms with Gasteiger partial charge >= 0.3 is 0 Å². The van der Waals surface area contributed by atoms with Gasteiger partial charge in [0, 0.05) is 23.9 Å². The molecular weight excluding hydrogens is 286 g/mol. The van der Waals surface area contributed by atoms with Gasteiger partial charge in [0.15, 0.2) is 0 Å². The van der Waals surface area contributed by atoms with Crippen molar-refractivity contribution >= 4 is 27.7 Å². The third kappa shape index (κ3) is 3.32. The number of nitrogens with one attached hydrogen (secondary N) is 1. The first-order chi connectivity index (χ1) is 11.0. The summed E-state index contributed by atoms with van der Waals surface area (Å²) in [7, 11) is 3.97. The topological polar surface area (TPSA) is 45.2 Å². The monoisotopic (exact) mass is 307 g/mol. The van der Waals surface area contributed by atoms with E-state index in [2.05, 4.69) is 24.4 Å². The van der Waals surface area contributed by atoms with Crippen LogP contribution in [0.1, 0.15) is 15.9 Å². The van der Waals surface area contributed by atoms with E-state index in [9.17, 15) is 4.79 Å². The highest BCUT2D eigenvalue weighted by molar-refractivity contribution is 6.07. The highest BCUT2D eigenvalue weighted by atomic mass is 16.1. The maximum absolute atomic E-state index is 12.5. The Morgan fingerprint density at radius 1 is 1.13 bits per heavy atom. The van der Waals surface area contributed by atoms with Gasteiger partial charge in [0.2, 0.25) is 0 Å². The van der Waals surface area contributed by atoms with E-state index in [1.165, 1.54) is 5.56 Å². The second-order valence-corrected chi connectivity index (χ2v) is 6.12. The number of nitrogens with zero attached hydrogens (tertiary/aromatic N) is 2. The number of fused-ring (bicyclic) bond motifs is 2. The molecule has 4 nitrogen and oxygen atoms in total. The van der Waals surface area contributed by atoms with Crippen LogP contribution < -0.4 is 5.32 Å². The summed E-state index contributed by atoms with van der Waals surface area (Å²) in [6.45, 7) is 3.50. The Morgan fingerprint density at radius 3 is 2.74 bits per heavy atom. The van der Waals surface area contributed by atoms with Gasteiger partial charge < -0.3 is 10.2 Å². The molecule has 1 heterocycles. The molecule has 0 bridgehead atoms. The second kappa shape index (κ2) is 6.34. The maximum atomic E-state index is 12.5. The number of aromatic nitrogens is 1. The van der Waals surface area contributed by atoms with Crippen molar-refractivity contribution in [3.05, 3.63) is 53.6 Å². The zero-order valence-electron chi connectivity index (χ0n) is 13.8. The summed E-state index contributed by atoms with van der Waals surface area (Å²) >= 11 is 0. The van der Waals surface area contributed by atoms with Crippen LogP contribution in [0.25, 0.3) is 21.8 Å². The minimum atomic E-state index is -0.0728. The van der Waals surface area contributed by atoms with E-state index >= 15 is 0 Å². The van der Waals surface area contributed by atoms with Crippen molar-refractivity contribution in [2.45, 2.75) is 6.92 Å². The number of rotatable bonds is 4. The van der Waals surface area contributed by atoms with Gasteiger partial charge in [-0.3, -0.25) is 4.79 Å². The quantitative estimate of drug-likeness (QED) is 0.754. The van der Waals surface area contributed by atoms with Crippen molar-refractivity contribution in [1.29, 1.82) is 0 Å². The van der Waals surface area contributed by atoms with Crippen LogP contribution in [-0.2, 0) is 0 Å². The van der Waals surface area contributed by atoms with E-state index in [1.807, 2.05) is 49.3 Å². The maximum Gasteiger partial charge on any atom is 0.253 e. The number of hydrogen-bond acceptors (Lipinski definition) is 3. The Labute approximate surface area is 136 Å². The molecule has 0 fully saturated rings. The zero-order valence-corrected chi connectivity index (χ0v) is 13.8. The lowest BCUT2D eigenvalue weighted by Gasteiger charge is -2.11. The summed E-state index contributed by atoms with van der Waals surface area (Å²) in [6.07, 6.45) is 0. The van der Waals surface area contributed by atoms with Gasteiger partial charge in [-0.1, -0.05) is 23.8 Å². The molecule has 23 heavy (non-hydrogen) atoms. The largest absolute Gasteiger partial charge is 0.351 e. The number of carbonyl (C=O) groups excluding carboxylic acids is 1. The first-order valence-corrected chi connectivity index (χ1v) is 7.77. The van der Waals surface area contributed by atoms with Crippen molar-refractivity contribution in [2.24, 2.45) is 0 Å². The zero-order chi connectivity index (χ0) is 16.4. The van der Waals surface area contributed by atoms with Crippen LogP contribution in [0.4, 0.5) is 0 Å². The Bertz CT molecular complexity index is 871. The molecule has 2 aromatic carbocycles. The minimum absolute atomic E-state index is 0.0728. The molecule has 1 amide bonds. The van der Waals surface area contributed by atoms with Crippen molar-refractivity contribution in [2.75, 3.05) is 27.2 Å². The second-order valence-electron chi connectivity index (χ2n) is 6.12. The predicted octanol–water partition coefficient (Wildman–Crippen LogP) is 2.99. The standard InChI is InChI=1S/C19H21N3O/c1-13-7-8-17-15(11-13)12-14-5-4-6-16(18(14)21-17)19(23)20-9-10-22(2)3/h4-8,11-12H,9-10H2,1-3H3,(H,20,23). The first kappa shape index (κ1) is 15.4. The van der Waals surface area contributed by atoms with Gasteiger partial charge in [0.05, 0.1) is 16.6 Å². The summed E-state index contributed by atoms with van der Waals surface area (Å²) in [5.74, 6) is -0.0728. The Hall–Kier alpha value is -2.46. The van der Waals surface area contributed by atoms with Crippen LogP contribution in [0.15, 0.2) is 42.5 Å². The molecule has 3 rings (SSSR count). The number of pyridine rings is 1. The summed E-state index contributed by atoms with van der Waals surface area (Å²) < 4.78 is 0. The molecule has 0 spiro atoms. The molecule has 0 atom stereocenters. The molecule has 0 saturated heterocycles. The van der Waals surface area contributed by atoms with Crippen LogP contribution in [0.3, 0.4) is 0 Å². The van der Waals surface area contributed by atoms with Crippen LogP contribution >= 0.6 is 0 Å². The number of amides is 1. The van der Waals surface area contributed by atoms with Crippen LogP contribution in [0.2, 0.25) is 0 Å². The summed E-state index contributed by atoms with van der Waals surface area (Å²) in [4.78, 5) is 19.2. The number of para-hydroxylation sites is 1. The summed E-state index contributed by atoms with van der Waals surface area (Å²) in [6, 6.07) is 14.0. The average molecular weight is 307 g/mol. The fourth-order valence-corrected chi connectivity index (χ4v) is 2.65. The highest BCUT2D eigenvalue weighted by Gasteiger charge is 2.11. The molecule has 0 saturated carbocycles. The van der Waals surface area contributed by atoms with E-state index < -0.39 is 0 Å². The third-order valence-electron chi connectivity index (χ3n) is 3.88. The van der Waals surface area contributed by atoms with E-state index in [0.29, 0.717) is 12.1 Å². The number of likely N-dealkylation sites (N-methyl/N-ethyl adjacent to an activating group) is 1. The normalized spacial score (nSPS) is 11.3. The van der Waals surface area contributed by atoms with E-state index in [1.54, 1.807) is 0 Å². The van der Waals surface area contributed by atoms with Gasteiger partial charge in [0.1, 0.15) is 0 Å². The Morgan fingerprint density at radius 2 is 1.96 bits per heavy atom. The summed E-state index contributed by atoms with van der Waals surface area (Å²) in [5, 5.41) is 5.05. The van der Waals surface area contributed by atoms with Crippen LogP contribution in [0, 0.1) is 6.92 Å². The Kier molecular flexibility index (Phi) is 4.26. The lowest BCUT2D eigenvalue weighted by atomic mass is 10.1. The number of aryl methyl sites for hydroxylation is 1. The molecule has 0 radical (unpaired) electrons. The molecule has 3 aromatic rings. The molecule has 0 unspecified atom stereocenters. The Balaban J connectivity index is 2.00. The fraction of sp³-hybridized carbons (Fsp3) is 0.263. The SMILES string of the molecule is Cc1ccc2nc3c(C(=O)NCCN(C)C)cccc3cc2c1. The van der Waals surface area contributed by atoms with Gasteiger partial charge in [-0.15, -0.1) is 0 Å². The lowest BCUT2D eigenvalue weighted by molar-refractivity contribution is 0.0952. The van der Waals surface area contributed by atoms with E-state index in [4.69, 9.17) is 4.98 Å². The highest BCUT2D eigenvalue weighted by Crippen LogP contribution is 2.23. The van der Waals surface area contributed by atoms with Gasteiger partial charge in [-0.2, -0.15) is 0 Å². The van der Waals surface area contributed by atoms with Crippen LogP contribution in [-0.4, -0.2) is 43.0 Å². The molecular formula is C19H21N3O. The molecule has 0 aliphatic carbocycles. The van der Waals surface area contributed by atoms with Gasteiger partial charge in [-0.05, 0) is 45.3 Å². The number of benzene rings is 2. The number of hydrogen-bond donors (Lipinski definition) is 1. The molecule has 1 N–H and O–H groups in total. The summed E-state index contributed by atoms with van der Waals surface area (Å²) in [5.41, 5.74) is 3.50. The van der Waals surface area contributed by atoms with Crippen molar-refractivity contribution < 1.29 is 4.79 Å². The molecule has 0 aliphatic rings.